The van der Waals surface area contributed by atoms with Crippen molar-refractivity contribution in [3.63, 3.8) is 0 Å². The van der Waals surface area contributed by atoms with Gasteiger partial charge in [-0.3, -0.25) is 4.90 Å². The smallest absolute Gasteiger partial charge is 0.110 e. The van der Waals surface area contributed by atoms with E-state index in [0.29, 0.717) is 19.5 Å². The summed E-state index contributed by atoms with van der Waals surface area (Å²) in [4.78, 5) is 1.77. The quantitative estimate of drug-likeness (QED) is 0.429. The number of aliphatic hydroxyl groups excluding tert-OH is 2. The number of hydrogen-bond donors (Lipinski definition) is 2. The number of nitrogens with zero attached hydrogens (tertiary/aromatic N) is 1. The highest BCUT2D eigenvalue weighted by atomic mass is 16.3. The molecule has 1 unspecified atom stereocenters. The van der Waals surface area contributed by atoms with Crippen LogP contribution in [0.5, 0.6) is 0 Å². The van der Waals surface area contributed by atoms with Crippen molar-refractivity contribution in [1.82, 2.24) is 4.90 Å². The molecule has 0 aliphatic heterocycles. The average molecular weight is 171 g/mol. The maximum absolute atomic E-state index is 9.44. The van der Waals surface area contributed by atoms with Crippen LogP contribution in [0.25, 0.3) is 0 Å². The zero-order valence-electron chi connectivity index (χ0n) is 7.32. The fourth-order valence-corrected chi connectivity index (χ4v) is 0.948. The molecule has 0 rings (SSSR count). The van der Waals surface area contributed by atoms with E-state index in [4.69, 9.17) is 5.11 Å². The summed E-state index contributed by atoms with van der Waals surface area (Å²) in [6, 6.07) is 0. The molecule has 0 aromatic heterocycles. The van der Waals surface area contributed by atoms with Gasteiger partial charge in [0.15, 0.2) is 0 Å². The van der Waals surface area contributed by atoms with E-state index in [0.717, 1.165) is 0 Å². The second kappa shape index (κ2) is 7.03. The molecule has 3 nitrogen and oxygen atoms in total. The zero-order chi connectivity index (χ0) is 9.40. The maximum Gasteiger partial charge on any atom is 0.110 e. The fraction of sp³-hybridized carbons (Fsp3) is 0.556. The van der Waals surface area contributed by atoms with Crippen LogP contribution in [0.1, 0.15) is 6.42 Å². The van der Waals surface area contributed by atoms with Crippen molar-refractivity contribution in [2.24, 2.45) is 0 Å². The van der Waals surface area contributed by atoms with Crippen LogP contribution in [0.15, 0.2) is 25.3 Å². The van der Waals surface area contributed by atoms with Gasteiger partial charge in [-0.2, -0.15) is 0 Å². The van der Waals surface area contributed by atoms with Crippen LogP contribution >= 0.6 is 0 Å². The van der Waals surface area contributed by atoms with Crippen LogP contribution < -0.4 is 0 Å². The molecule has 1 atom stereocenters. The minimum atomic E-state index is -0.606. The molecular weight excluding hydrogens is 154 g/mol. The van der Waals surface area contributed by atoms with Gasteiger partial charge in [-0.15, -0.1) is 13.2 Å². The van der Waals surface area contributed by atoms with E-state index in [9.17, 15) is 5.11 Å². The van der Waals surface area contributed by atoms with E-state index in [2.05, 4.69) is 13.2 Å². The predicted molar refractivity (Wildman–Crippen MR) is 49.7 cm³/mol. The van der Waals surface area contributed by atoms with Crippen LogP contribution in [-0.2, 0) is 0 Å². The lowest BCUT2D eigenvalue weighted by Gasteiger charge is -2.24. The monoisotopic (exact) mass is 171 g/mol. The Morgan fingerprint density at radius 3 is 2.08 bits per heavy atom. The molecule has 0 aliphatic carbocycles. The van der Waals surface area contributed by atoms with E-state index in [1.165, 1.54) is 0 Å². The highest BCUT2D eigenvalue weighted by Gasteiger charge is 2.11. The normalized spacial score (nSPS) is 12.9. The van der Waals surface area contributed by atoms with E-state index in [-0.39, 0.29) is 6.61 Å². The first-order chi connectivity index (χ1) is 5.76. The average Bonchev–Trinajstić information content (AvgIpc) is 2.04. The van der Waals surface area contributed by atoms with E-state index < -0.39 is 6.23 Å². The fourth-order valence-electron chi connectivity index (χ4n) is 0.948. The van der Waals surface area contributed by atoms with E-state index in [1.807, 2.05) is 0 Å². The Bertz CT molecular complexity index is 126. The van der Waals surface area contributed by atoms with Crippen molar-refractivity contribution in [3.05, 3.63) is 25.3 Å². The number of aliphatic hydroxyl groups is 2. The van der Waals surface area contributed by atoms with Crippen LogP contribution in [0.3, 0.4) is 0 Å². The summed E-state index contributed by atoms with van der Waals surface area (Å²) < 4.78 is 0. The summed E-state index contributed by atoms with van der Waals surface area (Å²) in [7, 11) is 0. The SMILES string of the molecule is C=CCN(CC=C)C(O)CCO. The molecule has 0 aromatic carbocycles. The van der Waals surface area contributed by atoms with Gasteiger partial charge >= 0.3 is 0 Å². The van der Waals surface area contributed by atoms with Crippen LogP contribution in [0.4, 0.5) is 0 Å². The molecule has 0 heterocycles. The summed E-state index contributed by atoms with van der Waals surface area (Å²) in [6.45, 7) is 8.35. The molecule has 0 saturated heterocycles. The molecule has 3 heteroatoms. The van der Waals surface area contributed by atoms with E-state index in [1.54, 1.807) is 17.1 Å². The van der Waals surface area contributed by atoms with Crippen molar-refractivity contribution >= 4 is 0 Å². The van der Waals surface area contributed by atoms with Crippen molar-refractivity contribution < 1.29 is 10.2 Å². The van der Waals surface area contributed by atoms with Gasteiger partial charge in [-0.1, -0.05) is 12.2 Å². The lowest BCUT2D eigenvalue weighted by Crippen LogP contribution is -2.36. The van der Waals surface area contributed by atoms with Gasteiger partial charge in [0.2, 0.25) is 0 Å². The third-order valence-corrected chi connectivity index (χ3v) is 1.54. The summed E-state index contributed by atoms with van der Waals surface area (Å²) in [5.74, 6) is 0. The van der Waals surface area contributed by atoms with Gasteiger partial charge < -0.3 is 10.2 Å². The van der Waals surface area contributed by atoms with Crippen LogP contribution in [0.2, 0.25) is 0 Å². The molecule has 2 N–H and O–H groups in total. The third-order valence-electron chi connectivity index (χ3n) is 1.54. The lowest BCUT2D eigenvalue weighted by atomic mass is 10.3. The molecule has 0 radical (unpaired) electrons. The summed E-state index contributed by atoms with van der Waals surface area (Å²) in [5, 5.41) is 18.0. The maximum atomic E-state index is 9.44. The Balaban J connectivity index is 3.88. The first kappa shape index (κ1) is 11.4. The first-order valence-corrected chi connectivity index (χ1v) is 4.01. The Hall–Kier alpha value is -0.640. The largest absolute Gasteiger partial charge is 0.396 e. The molecule has 0 amide bonds. The molecule has 0 aromatic rings. The van der Waals surface area contributed by atoms with E-state index >= 15 is 0 Å². The highest BCUT2D eigenvalue weighted by Crippen LogP contribution is 2.00. The third kappa shape index (κ3) is 4.28. The highest BCUT2D eigenvalue weighted by molar-refractivity contribution is 4.80. The number of rotatable bonds is 7. The minimum Gasteiger partial charge on any atom is -0.396 e. The molecule has 12 heavy (non-hydrogen) atoms. The molecule has 0 bridgehead atoms. The van der Waals surface area contributed by atoms with Crippen molar-refractivity contribution in [2.45, 2.75) is 12.6 Å². The summed E-state index contributed by atoms with van der Waals surface area (Å²) in [6.07, 6.45) is 3.18. The second-order valence-electron chi connectivity index (χ2n) is 2.52. The van der Waals surface area contributed by atoms with Gasteiger partial charge in [-0.25, -0.2) is 0 Å². The van der Waals surface area contributed by atoms with Gasteiger partial charge in [0.05, 0.1) is 0 Å². The summed E-state index contributed by atoms with van der Waals surface area (Å²) in [5.41, 5.74) is 0. The van der Waals surface area contributed by atoms with Crippen molar-refractivity contribution in [3.8, 4) is 0 Å². The Kier molecular flexibility index (Phi) is 6.66. The van der Waals surface area contributed by atoms with Gasteiger partial charge in [0.25, 0.3) is 0 Å². The molecular formula is C9H17NO2. The van der Waals surface area contributed by atoms with Crippen molar-refractivity contribution in [2.75, 3.05) is 19.7 Å². The molecule has 0 fully saturated rings. The van der Waals surface area contributed by atoms with Gasteiger partial charge in [-0.05, 0) is 0 Å². The predicted octanol–water partition coefficient (Wildman–Crippen LogP) is 0.361. The van der Waals surface area contributed by atoms with Crippen LogP contribution in [0, 0.1) is 0 Å². The second-order valence-corrected chi connectivity index (χ2v) is 2.52. The molecule has 0 saturated carbocycles. The Labute approximate surface area is 73.6 Å². The standard InChI is InChI=1S/C9H17NO2/c1-3-6-10(7-4-2)9(12)5-8-11/h3-4,9,11-12H,1-2,5-8H2. The topological polar surface area (TPSA) is 43.7 Å². The van der Waals surface area contributed by atoms with Crippen molar-refractivity contribution in [1.29, 1.82) is 0 Å². The van der Waals surface area contributed by atoms with Crippen LogP contribution in [-0.4, -0.2) is 41.0 Å². The first-order valence-electron chi connectivity index (χ1n) is 4.01. The molecule has 0 aliphatic rings. The van der Waals surface area contributed by atoms with Gasteiger partial charge in [0.1, 0.15) is 6.23 Å². The Morgan fingerprint density at radius 1 is 1.25 bits per heavy atom. The summed E-state index contributed by atoms with van der Waals surface area (Å²) >= 11 is 0. The number of hydrogen-bond acceptors (Lipinski definition) is 3. The molecule has 0 spiro atoms. The van der Waals surface area contributed by atoms with Gasteiger partial charge in [0, 0.05) is 26.1 Å². The molecule has 70 valence electrons. The minimum absolute atomic E-state index is 0.00798. The zero-order valence-corrected chi connectivity index (χ0v) is 7.32. The lowest BCUT2D eigenvalue weighted by molar-refractivity contribution is 0.00152. The Morgan fingerprint density at radius 2 is 1.75 bits per heavy atom.